The van der Waals surface area contributed by atoms with Crippen LogP contribution >= 0.6 is 0 Å². The van der Waals surface area contributed by atoms with Gasteiger partial charge < -0.3 is 10.6 Å². The van der Waals surface area contributed by atoms with Crippen LogP contribution in [0, 0.1) is 0 Å². The Bertz CT molecular complexity index is 910. The van der Waals surface area contributed by atoms with E-state index in [2.05, 4.69) is 68.2 Å². The van der Waals surface area contributed by atoms with E-state index in [1.165, 1.54) is 43.1 Å². The Labute approximate surface area is 172 Å². The molecule has 3 aromatic rings. The van der Waals surface area contributed by atoms with Crippen molar-refractivity contribution in [1.29, 1.82) is 0 Å². The van der Waals surface area contributed by atoms with Crippen molar-refractivity contribution in [2.75, 3.05) is 13.6 Å². The van der Waals surface area contributed by atoms with E-state index >= 15 is 0 Å². The first-order chi connectivity index (χ1) is 14.3. The van der Waals surface area contributed by atoms with E-state index in [1.807, 2.05) is 19.2 Å². The summed E-state index contributed by atoms with van der Waals surface area (Å²) in [5, 5.41) is 11.2. The lowest BCUT2D eigenvalue weighted by atomic mass is 9.79. The van der Waals surface area contributed by atoms with Crippen LogP contribution in [0.15, 0.2) is 72.2 Å². The van der Waals surface area contributed by atoms with Crippen LogP contribution in [0.4, 0.5) is 0 Å². The van der Waals surface area contributed by atoms with Crippen molar-refractivity contribution in [1.82, 2.24) is 25.4 Å². The minimum atomic E-state index is 0.207. The molecule has 6 nitrogen and oxygen atoms in total. The predicted molar refractivity (Wildman–Crippen MR) is 116 cm³/mol. The Morgan fingerprint density at radius 3 is 2.45 bits per heavy atom. The van der Waals surface area contributed by atoms with E-state index in [0.717, 1.165) is 24.7 Å². The lowest BCUT2D eigenvalue weighted by molar-refractivity contribution is 0.431. The van der Waals surface area contributed by atoms with E-state index in [4.69, 9.17) is 0 Å². The minimum Gasteiger partial charge on any atom is -0.356 e. The first-order valence-corrected chi connectivity index (χ1v) is 10.2. The third-order valence-electron chi connectivity index (χ3n) is 5.84. The van der Waals surface area contributed by atoms with Crippen molar-refractivity contribution in [3.8, 4) is 5.69 Å². The third kappa shape index (κ3) is 4.47. The first kappa shape index (κ1) is 19.2. The molecule has 1 aliphatic rings. The summed E-state index contributed by atoms with van der Waals surface area (Å²) in [5.41, 5.74) is 3.83. The van der Waals surface area contributed by atoms with Gasteiger partial charge in [-0.15, -0.1) is 0 Å². The molecule has 6 heteroatoms. The number of aromatic nitrogens is 3. The summed E-state index contributed by atoms with van der Waals surface area (Å²) in [4.78, 5) is 8.41. The molecule has 1 heterocycles. The molecule has 0 aliphatic heterocycles. The maximum absolute atomic E-state index is 4.42. The van der Waals surface area contributed by atoms with Crippen molar-refractivity contribution in [2.24, 2.45) is 4.99 Å². The molecule has 0 radical (unpaired) electrons. The summed E-state index contributed by atoms with van der Waals surface area (Å²) in [5.74, 6) is 0.840. The summed E-state index contributed by atoms with van der Waals surface area (Å²) in [6.07, 6.45) is 8.28. The fourth-order valence-electron chi connectivity index (χ4n) is 4.18. The lowest BCUT2D eigenvalue weighted by Crippen LogP contribution is -2.44. The summed E-state index contributed by atoms with van der Waals surface area (Å²) in [7, 11) is 1.83. The Morgan fingerprint density at radius 1 is 1.03 bits per heavy atom. The second-order valence-corrected chi connectivity index (χ2v) is 7.64. The Hall–Kier alpha value is -3.15. The predicted octanol–water partition coefficient (Wildman–Crippen LogP) is 3.44. The van der Waals surface area contributed by atoms with Gasteiger partial charge in [0.25, 0.3) is 0 Å². The monoisotopic (exact) mass is 388 g/mol. The van der Waals surface area contributed by atoms with Gasteiger partial charge in [-0.2, -0.15) is 5.10 Å². The van der Waals surface area contributed by atoms with Gasteiger partial charge in [-0.3, -0.25) is 4.99 Å². The number of hydrogen-bond acceptors (Lipinski definition) is 3. The molecule has 150 valence electrons. The van der Waals surface area contributed by atoms with E-state index in [-0.39, 0.29) is 5.41 Å². The number of nitrogens with zero attached hydrogens (tertiary/aromatic N) is 4. The van der Waals surface area contributed by atoms with Crippen LogP contribution < -0.4 is 10.6 Å². The van der Waals surface area contributed by atoms with Gasteiger partial charge in [0.1, 0.15) is 12.7 Å². The van der Waals surface area contributed by atoms with Gasteiger partial charge >= 0.3 is 0 Å². The number of benzene rings is 2. The minimum absolute atomic E-state index is 0.207. The molecule has 0 unspecified atom stereocenters. The van der Waals surface area contributed by atoms with Crippen LogP contribution in [0.1, 0.15) is 36.8 Å². The molecule has 2 aromatic carbocycles. The molecule has 1 aliphatic carbocycles. The summed E-state index contributed by atoms with van der Waals surface area (Å²) in [6, 6.07) is 19.2. The van der Waals surface area contributed by atoms with E-state index < -0.39 is 0 Å². The normalized spacial score (nSPS) is 16.0. The van der Waals surface area contributed by atoms with Crippen LogP contribution in [0.3, 0.4) is 0 Å². The standard InChI is InChI=1S/C23H28N6/c1-24-22(26-15-19-9-11-21(12-10-19)29-18-25-17-28-29)27-16-23(13-5-6-14-23)20-7-3-2-4-8-20/h2-4,7-12,17-18H,5-6,13-16H2,1H3,(H2,24,26,27). The molecule has 0 amide bonds. The highest BCUT2D eigenvalue weighted by atomic mass is 15.3. The Balaban J connectivity index is 1.35. The Kier molecular flexibility index (Phi) is 5.89. The van der Waals surface area contributed by atoms with Gasteiger partial charge in [0.05, 0.1) is 5.69 Å². The highest BCUT2D eigenvalue weighted by Gasteiger charge is 2.35. The molecule has 0 spiro atoms. The maximum Gasteiger partial charge on any atom is 0.191 e. The molecule has 2 N–H and O–H groups in total. The van der Waals surface area contributed by atoms with Crippen LogP contribution in [-0.4, -0.2) is 34.3 Å². The number of hydrogen-bond donors (Lipinski definition) is 2. The van der Waals surface area contributed by atoms with Crippen molar-refractivity contribution in [3.05, 3.63) is 78.4 Å². The maximum atomic E-state index is 4.42. The molecule has 1 aromatic heterocycles. The van der Waals surface area contributed by atoms with Gasteiger partial charge in [-0.25, -0.2) is 9.67 Å². The second kappa shape index (κ2) is 8.90. The highest BCUT2D eigenvalue weighted by Crippen LogP contribution is 2.40. The number of guanidine groups is 1. The Morgan fingerprint density at radius 2 is 1.79 bits per heavy atom. The molecule has 1 saturated carbocycles. The molecule has 1 fully saturated rings. The zero-order valence-corrected chi connectivity index (χ0v) is 16.9. The summed E-state index contributed by atoms with van der Waals surface area (Å²) in [6.45, 7) is 1.62. The quantitative estimate of drug-likeness (QED) is 0.501. The van der Waals surface area contributed by atoms with Crippen LogP contribution in [0.2, 0.25) is 0 Å². The van der Waals surface area contributed by atoms with Gasteiger partial charge in [0.15, 0.2) is 5.96 Å². The van der Waals surface area contributed by atoms with E-state index in [1.54, 1.807) is 11.0 Å². The van der Waals surface area contributed by atoms with Gasteiger partial charge in [-0.05, 0) is 36.1 Å². The van der Waals surface area contributed by atoms with Gasteiger partial charge in [0.2, 0.25) is 0 Å². The highest BCUT2D eigenvalue weighted by molar-refractivity contribution is 5.79. The molecule has 4 rings (SSSR count). The fraction of sp³-hybridized carbons (Fsp3) is 0.348. The van der Waals surface area contributed by atoms with Crippen LogP contribution in [-0.2, 0) is 12.0 Å². The average Bonchev–Trinajstić information content (AvgIpc) is 3.48. The van der Waals surface area contributed by atoms with Gasteiger partial charge in [-0.1, -0.05) is 55.3 Å². The fourth-order valence-corrected chi connectivity index (χ4v) is 4.18. The lowest BCUT2D eigenvalue weighted by Gasteiger charge is -2.30. The third-order valence-corrected chi connectivity index (χ3v) is 5.84. The second-order valence-electron chi connectivity index (χ2n) is 7.64. The molecular formula is C23H28N6. The summed E-state index contributed by atoms with van der Waals surface area (Å²) < 4.78 is 1.75. The molecule has 0 saturated heterocycles. The first-order valence-electron chi connectivity index (χ1n) is 10.2. The largest absolute Gasteiger partial charge is 0.356 e. The smallest absolute Gasteiger partial charge is 0.191 e. The average molecular weight is 389 g/mol. The molecule has 0 bridgehead atoms. The number of aliphatic imine (C=N–C) groups is 1. The van der Waals surface area contributed by atoms with E-state index in [9.17, 15) is 0 Å². The molecular weight excluding hydrogens is 360 g/mol. The zero-order chi connectivity index (χ0) is 19.9. The molecule has 0 atom stereocenters. The molecule has 29 heavy (non-hydrogen) atoms. The number of nitrogens with one attached hydrogen (secondary N) is 2. The van der Waals surface area contributed by atoms with Gasteiger partial charge in [0, 0.05) is 25.6 Å². The van der Waals surface area contributed by atoms with Crippen molar-refractivity contribution in [3.63, 3.8) is 0 Å². The number of rotatable bonds is 6. The van der Waals surface area contributed by atoms with Crippen molar-refractivity contribution in [2.45, 2.75) is 37.6 Å². The van der Waals surface area contributed by atoms with E-state index in [0.29, 0.717) is 0 Å². The topological polar surface area (TPSA) is 67.1 Å². The summed E-state index contributed by atoms with van der Waals surface area (Å²) >= 11 is 0. The van der Waals surface area contributed by atoms with Crippen molar-refractivity contribution >= 4 is 5.96 Å². The van der Waals surface area contributed by atoms with Crippen molar-refractivity contribution < 1.29 is 0 Å². The van der Waals surface area contributed by atoms with Crippen LogP contribution in [0.5, 0.6) is 0 Å². The van der Waals surface area contributed by atoms with Crippen LogP contribution in [0.25, 0.3) is 5.69 Å². The zero-order valence-electron chi connectivity index (χ0n) is 16.9. The SMILES string of the molecule is CN=C(NCc1ccc(-n2cncn2)cc1)NCC1(c2ccccc2)CCCC1.